The normalized spacial score (nSPS) is 23.8. The van der Waals surface area contributed by atoms with Gasteiger partial charge in [-0.25, -0.2) is 23.4 Å². The van der Waals surface area contributed by atoms with Crippen LogP contribution in [-0.2, 0) is 15.4 Å². The van der Waals surface area contributed by atoms with Gasteiger partial charge in [0.15, 0.2) is 21.1 Å². The molecular weight excluding hydrogens is 432 g/mol. The molecule has 10 nitrogen and oxygen atoms in total. The van der Waals surface area contributed by atoms with Crippen molar-refractivity contribution in [1.82, 2.24) is 20.0 Å². The van der Waals surface area contributed by atoms with Gasteiger partial charge in [-0.15, -0.1) is 0 Å². The smallest absolute Gasteiger partial charge is 0.254 e. The first-order valence-corrected chi connectivity index (χ1v) is 12.7. The number of hydrogen-bond acceptors (Lipinski definition) is 8. The summed E-state index contributed by atoms with van der Waals surface area (Å²) in [4.78, 5) is 25.6. The summed E-state index contributed by atoms with van der Waals surface area (Å²) in [7, 11) is -3.01. The third kappa shape index (κ3) is 3.64. The highest BCUT2D eigenvalue weighted by Crippen LogP contribution is 2.42. The molecule has 0 radical (unpaired) electrons. The van der Waals surface area contributed by atoms with Gasteiger partial charge in [-0.1, -0.05) is 19.3 Å². The number of fused-ring (bicyclic) bond motifs is 2. The molecule has 2 aromatic rings. The number of pyridine rings is 1. The van der Waals surface area contributed by atoms with Crippen LogP contribution in [0.15, 0.2) is 23.5 Å². The molecule has 32 heavy (non-hydrogen) atoms. The molecule has 2 aromatic heterocycles. The second kappa shape index (κ2) is 7.58. The standard InChI is InChI=1S/C21H26N6O4S/c1-13-9-17(27(29)19-18(13)20(28)26-21(19)6-3-2-4-7-21)25-16-10-15(22-12-23-16)24-14-5-8-32(30,31)11-14/h9-10,12,14,29H,2-8,11H2,1H3,(H,26,28)(H,22,23,24). The van der Waals surface area contributed by atoms with Crippen LogP contribution >= 0.6 is 0 Å². The lowest BCUT2D eigenvalue weighted by atomic mass is 9.79. The van der Waals surface area contributed by atoms with Gasteiger partial charge >= 0.3 is 0 Å². The summed E-state index contributed by atoms with van der Waals surface area (Å²) in [5, 5.41) is 17.3. The molecule has 1 amide bonds. The van der Waals surface area contributed by atoms with E-state index in [1.807, 2.05) is 6.92 Å². The van der Waals surface area contributed by atoms with Gasteiger partial charge in [-0.3, -0.25) is 4.79 Å². The average Bonchev–Trinajstić information content (AvgIpc) is 3.22. The van der Waals surface area contributed by atoms with E-state index in [1.165, 1.54) is 6.33 Å². The van der Waals surface area contributed by atoms with Crippen molar-refractivity contribution < 1.29 is 18.4 Å². The molecule has 2 fully saturated rings. The predicted molar refractivity (Wildman–Crippen MR) is 117 cm³/mol. The second-order valence-electron chi connectivity index (χ2n) is 8.94. The summed E-state index contributed by atoms with van der Waals surface area (Å²) < 4.78 is 24.4. The second-order valence-corrected chi connectivity index (χ2v) is 11.2. The fourth-order valence-corrected chi connectivity index (χ4v) is 6.79. The average molecular weight is 459 g/mol. The minimum Gasteiger partial charge on any atom is -0.427 e. The maximum Gasteiger partial charge on any atom is 0.254 e. The number of rotatable bonds is 3. The van der Waals surface area contributed by atoms with Crippen molar-refractivity contribution in [3.63, 3.8) is 0 Å². The number of amides is 1. The van der Waals surface area contributed by atoms with Gasteiger partial charge in [0, 0.05) is 12.1 Å². The maximum atomic E-state index is 12.7. The molecule has 3 N–H and O–H groups in total. The Hall–Kier alpha value is -2.95. The van der Waals surface area contributed by atoms with Gasteiger partial charge in [0.2, 0.25) is 0 Å². The van der Waals surface area contributed by atoms with E-state index in [1.54, 1.807) is 12.1 Å². The van der Waals surface area contributed by atoms with Crippen LogP contribution in [0.2, 0.25) is 0 Å². The summed E-state index contributed by atoms with van der Waals surface area (Å²) in [5.41, 5.74) is 1.54. The fourth-order valence-electron chi connectivity index (χ4n) is 5.12. The number of carbonyl (C=O) groups excluding carboxylic acids is 1. The summed E-state index contributed by atoms with van der Waals surface area (Å²) >= 11 is 0. The van der Waals surface area contributed by atoms with E-state index in [0.717, 1.165) is 42.4 Å². The summed E-state index contributed by atoms with van der Waals surface area (Å²) in [6.07, 6.45) is 6.52. The van der Waals surface area contributed by atoms with E-state index in [4.69, 9.17) is 0 Å². The van der Waals surface area contributed by atoms with Gasteiger partial charge in [0.1, 0.15) is 12.1 Å². The first kappa shape index (κ1) is 20.9. The molecule has 1 unspecified atom stereocenters. The van der Waals surface area contributed by atoms with Gasteiger partial charge in [0.05, 0.1) is 28.3 Å². The lowest BCUT2D eigenvalue weighted by Gasteiger charge is -2.34. The van der Waals surface area contributed by atoms with Gasteiger partial charge in [-0.05, 0) is 37.8 Å². The van der Waals surface area contributed by atoms with Crippen molar-refractivity contribution in [3.05, 3.63) is 40.8 Å². The summed E-state index contributed by atoms with van der Waals surface area (Å²) in [6.45, 7) is 1.84. The molecule has 3 aliphatic rings. The largest absolute Gasteiger partial charge is 0.427 e. The fraction of sp³-hybridized carbons (Fsp3) is 0.524. The van der Waals surface area contributed by atoms with Crippen LogP contribution in [0.25, 0.3) is 0 Å². The zero-order valence-electron chi connectivity index (χ0n) is 17.8. The van der Waals surface area contributed by atoms with Crippen molar-refractivity contribution in [2.24, 2.45) is 4.99 Å². The highest BCUT2D eigenvalue weighted by atomic mass is 32.2. The van der Waals surface area contributed by atoms with Crippen molar-refractivity contribution in [2.45, 2.75) is 57.0 Å². The Morgan fingerprint density at radius 2 is 2.03 bits per heavy atom. The number of sulfone groups is 1. The monoisotopic (exact) mass is 458 g/mol. The molecule has 1 saturated heterocycles. The van der Waals surface area contributed by atoms with Crippen LogP contribution in [0.1, 0.15) is 60.1 Å². The molecule has 4 heterocycles. The first-order chi connectivity index (χ1) is 15.3. The van der Waals surface area contributed by atoms with Crippen LogP contribution in [0, 0.1) is 6.92 Å². The van der Waals surface area contributed by atoms with Crippen LogP contribution < -0.4 is 16.1 Å². The molecule has 1 saturated carbocycles. The molecule has 11 heteroatoms. The first-order valence-electron chi connectivity index (χ1n) is 10.9. The van der Waals surface area contributed by atoms with E-state index in [0.29, 0.717) is 29.3 Å². The SMILES string of the molecule is Cc1cc(=Nc2cc(NC3CCS(=O)(=O)C3)ncn2)n(O)c2c1C(=O)NC21CCCCC1. The third-order valence-corrected chi connectivity index (χ3v) is 8.38. The van der Waals surface area contributed by atoms with Crippen molar-refractivity contribution >= 4 is 27.4 Å². The quantitative estimate of drug-likeness (QED) is 0.593. The van der Waals surface area contributed by atoms with Crippen LogP contribution in [-0.4, -0.2) is 51.8 Å². The molecule has 0 aromatic carbocycles. The lowest BCUT2D eigenvalue weighted by Crippen LogP contribution is -2.43. The minimum absolute atomic E-state index is 0.0766. The molecule has 0 bridgehead atoms. The number of nitrogens with one attached hydrogen (secondary N) is 2. The number of aryl methyl sites for hydroxylation is 1. The van der Waals surface area contributed by atoms with E-state index >= 15 is 0 Å². The van der Waals surface area contributed by atoms with E-state index < -0.39 is 15.4 Å². The Morgan fingerprint density at radius 3 is 2.75 bits per heavy atom. The number of nitrogens with zero attached hydrogens (tertiary/aromatic N) is 4. The molecule has 1 atom stereocenters. The lowest BCUT2D eigenvalue weighted by molar-refractivity contribution is 0.0892. The number of carbonyl (C=O) groups is 1. The molecule has 1 aliphatic carbocycles. The Morgan fingerprint density at radius 1 is 1.25 bits per heavy atom. The van der Waals surface area contributed by atoms with Crippen LogP contribution in [0.3, 0.4) is 0 Å². The zero-order chi connectivity index (χ0) is 22.5. The molecule has 2 aliphatic heterocycles. The van der Waals surface area contributed by atoms with Crippen molar-refractivity contribution in [3.8, 4) is 0 Å². The Balaban J connectivity index is 1.52. The number of hydrogen-bond donors (Lipinski definition) is 3. The van der Waals surface area contributed by atoms with Gasteiger partial charge in [-0.2, -0.15) is 4.73 Å². The summed E-state index contributed by atoms with van der Waals surface area (Å²) in [5.74, 6) is 0.881. The van der Waals surface area contributed by atoms with Crippen LogP contribution in [0.5, 0.6) is 0 Å². The zero-order valence-corrected chi connectivity index (χ0v) is 18.7. The molecule has 170 valence electrons. The van der Waals surface area contributed by atoms with E-state index in [-0.39, 0.29) is 28.9 Å². The highest BCUT2D eigenvalue weighted by molar-refractivity contribution is 7.91. The minimum atomic E-state index is -3.01. The number of anilines is 1. The molecule has 5 rings (SSSR count). The summed E-state index contributed by atoms with van der Waals surface area (Å²) in [6, 6.07) is 3.09. The molecular formula is C21H26N6O4S. The predicted octanol–water partition coefficient (Wildman–Crippen LogP) is 1.56. The molecule has 1 spiro atoms. The Bertz CT molecular complexity index is 1260. The van der Waals surface area contributed by atoms with E-state index in [9.17, 15) is 18.4 Å². The highest BCUT2D eigenvalue weighted by Gasteiger charge is 2.47. The van der Waals surface area contributed by atoms with Gasteiger partial charge in [0.25, 0.3) is 5.91 Å². The topological polar surface area (TPSA) is 139 Å². The Kier molecular flexibility index (Phi) is 4.95. The van der Waals surface area contributed by atoms with Crippen LogP contribution in [0.4, 0.5) is 11.6 Å². The van der Waals surface area contributed by atoms with E-state index in [2.05, 4.69) is 25.6 Å². The van der Waals surface area contributed by atoms with Crippen molar-refractivity contribution in [1.29, 1.82) is 0 Å². The maximum absolute atomic E-state index is 12.7. The van der Waals surface area contributed by atoms with Crippen molar-refractivity contribution in [2.75, 3.05) is 16.8 Å². The van der Waals surface area contributed by atoms with Gasteiger partial charge < -0.3 is 15.8 Å². The Labute approximate surface area is 185 Å². The third-order valence-electron chi connectivity index (χ3n) is 6.61. The number of aromatic nitrogens is 3.